The average Bonchev–Trinajstić information content (AvgIpc) is 3.08. The molecule has 2 aromatic rings. The average molecular weight is 343 g/mol. The molecular formula is C18H21N3O4. The van der Waals surface area contributed by atoms with Crippen LogP contribution in [-0.4, -0.2) is 47.4 Å². The predicted octanol–water partition coefficient (Wildman–Crippen LogP) is 2.23. The number of morpholine rings is 1. The molecule has 3 heterocycles. The molecule has 0 spiro atoms. The van der Waals surface area contributed by atoms with E-state index in [9.17, 15) is 4.79 Å². The molecule has 2 aliphatic rings. The maximum Gasteiger partial charge on any atom is 0.241 e. The number of nitrogens with zero attached hydrogens (tertiary/aromatic N) is 3. The van der Waals surface area contributed by atoms with Crippen molar-refractivity contribution < 1.29 is 18.7 Å². The Balaban J connectivity index is 1.52. The highest BCUT2D eigenvalue weighted by Crippen LogP contribution is 2.36. The monoisotopic (exact) mass is 343 g/mol. The van der Waals surface area contributed by atoms with E-state index in [1.165, 1.54) is 0 Å². The number of aryl methyl sites for hydroxylation is 1. The van der Waals surface area contributed by atoms with E-state index in [1.807, 2.05) is 29.2 Å². The fourth-order valence-corrected chi connectivity index (χ4v) is 3.51. The fourth-order valence-electron chi connectivity index (χ4n) is 3.51. The van der Waals surface area contributed by atoms with Crippen molar-refractivity contribution in [3.05, 3.63) is 41.6 Å². The van der Waals surface area contributed by atoms with Crippen LogP contribution < -0.4 is 4.74 Å². The molecule has 1 aromatic carbocycles. The van der Waals surface area contributed by atoms with Gasteiger partial charge in [-0.3, -0.25) is 4.79 Å². The summed E-state index contributed by atoms with van der Waals surface area (Å²) in [6, 6.07) is 7.65. The standard InChI is InChI=1S/C18H21N3O4/c1-12-19-20-18(25-12)15-11-23-9-7-21(15)17(22)10-13-6-8-24-16-5-3-2-4-14(13)16/h2-5,13,15H,6-11H2,1H3/t13-,15-/m1/s1. The number of rotatable bonds is 3. The number of benzene rings is 1. The molecule has 0 radical (unpaired) electrons. The summed E-state index contributed by atoms with van der Waals surface area (Å²) in [6.45, 7) is 3.84. The first kappa shape index (κ1) is 16.1. The minimum absolute atomic E-state index is 0.0888. The summed E-state index contributed by atoms with van der Waals surface area (Å²) in [7, 11) is 0. The summed E-state index contributed by atoms with van der Waals surface area (Å²) in [5.74, 6) is 2.08. The van der Waals surface area contributed by atoms with E-state index in [2.05, 4.69) is 10.2 Å². The van der Waals surface area contributed by atoms with Gasteiger partial charge in [-0.1, -0.05) is 18.2 Å². The maximum atomic E-state index is 13.0. The van der Waals surface area contributed by atoms with Gasteiger partial charge < -0.3 is 18.8 Å². The largest absolute Gasteiger partial charge is 0.493 e. The van der Waals surface area contributed by atoms with E-state index >= 15 is 0 Å². The van der Waals surface area contributed by atoms with Gasteiger partial charge >= 0.3 is 0 Å². The third-order valence-corrected chi connectivity index (χ3v) is 4.78. The van der Waals surface area contributed by atoms with E-state index in [1.54, 1.807) is 6.92 Å². The summed E-state index contributed by atoms with van der Waals surface area (Å²) in [5, 5.41) is 7.95. The van der Waals surface area contributed by atoms with Crippen LogP contribution in [0.2, 0.25) is 0 Å². The second-order valence-corrected chi connectivity index (χ2v) is 6.41. The van der Waals surface area contributed by atoms with Gasteiger partial charge in [-0.05, 0) is 24.0 Å². The van der Waals surface area contributed by atoms with Crippen molar-refractivity contribution in [2.24, 2.45) is 0 Å². The van der Waals surface area contributed by atoms with E-state index in [4.69, 9.17) is 13.9 Å². The van der Waals surface area contributed by atoms with Crippen molar-refractivity contribution in [2.75, 3.05) is 26.4 Å². The quantitative estimate of drug-likeness (QED) is 0.850. The molecule has 4 rings (SSSR count). The molecule has 0 saturated carbocycles. The first-order valence-corrected chi connectivity index (χ1v) is 8.61. The second-order valence-electron chi connectivity index (χ2n) is 6.41. The second kappa shape index (κ2) is 6.84. The minimum atomic E-state index is -0.308. The Morgan fingerprint density at radius 2 is 2.16 bits per heavy atom. The Bertz CT molecular complexity index is 760. The molecule has 7 nitrogen and oxygen atoms in total. The zero-order chi connectivity index (χ0) is 17.2. The number of fused-ring (bicyclic) bond motifs is 1. The number of amides is 1. The van der Waals surface area contributed by atoms with Crippen LogP contribution in [0.5, 0.6) is 5.75 Å². The molecule has 1 fully saturated rings. The van der Waals surface area contributed by atoms with Crippen molar-refractivity contribution in [3.63, 3.8) is 0 Å². The zero-order valence-corrected chi connectivity index (χ0v) is 14.2. The molecule has 7 heteroatoms. The molecule has 132 valence electrons. The number of hydrogen-bond acceptors (Lipinski definition) is 6. The van der Waals surface area contributed by atoms with Crippen molar-refractivity contribution in [1.29, 1.82) is 0 Å². The van der Waals surface area contributed by atoms with Crippen LogP contribution in [0.15, 0.2) is 28.7 Å². The number of carbonyl (C=O) groups is 1. The molecule has 25 heavy (non-hydrogen) atoms. The summed E-state index contributed by atoms with van der Waals surface area (Å²) in [4.78, 5) is 14.8. The molecule has 0 bridgehead atoms. The lowest BCUT2D eigenvalue weighted by molar-refractivity contribution is -0.141. The van der Waals surface area contributed by atoms with Crippen LogP contribution in [0, 0.1) is 6.92 Å². The number of carbonyl (C=O) groups excluding carboxylic acids is 1. The molecule has 1 amide bonds. The SMILES string of the molecule is Cc1nnc([C@H]2COCCN2C(=O)C[C@H]2CCOc3ccccc32)o1. The lowest BCUT2D eigenvalue weighted by atomic mass is 9.89. The van der Waals surface area contributed by atoms with Crippen LogP contribution in [0.3, 0.4) is 0 Å². The van der Waals surface area contributed by atoms with Crippen molar-refractivity contribution in [2.45, 2.75) is 31.7 Å². The number of ether oxygens (including phenoxy) is 2. The maximum absolute atomic E-state index is 13.0. The highest BCUT2D eigenvalue weighted by Gasteiger charge is 2.34. The van der Waals surface area contributed by atoms with E-state index in [-0.39, 0.29) is 17.9 Å². The summed E-state index contributed by atoms with van der Waals surface area (Å²) >= 11 is 0. The first-order chi connectivity index (χ1) is 12.2. The van der Waals surface area contributed by atoms with Gasteiger partial charge in [0.15, 0.2) is 0 Å². The van der Waals surface area contributed by atoms with Gasteiger partial charge in [0.1, 0.15) is 11.8 Å². The highest BCUT2D eigenvalue weighted by atomic mass is 16.5. The highest BCUT2D eigenvalue weighted by molar-refractivity contribution is 5.78. The van der Waals surface area contributed by atoms with Crippen LogP contribution in [0.1, 0.15) is 42.1 Å². The van der Waals surface area contributed by atoms with Crippen molar-refractivity contribution in [1.82, 2.24) is 15.1 Å². The molecule has 0 N–H and O–H groups in total. The van der Waals surface area contributed by atoms with Crippen LogP contribution in [0.4, 0.5) is 0 Å². The van der Waals surface area contributed by atoms with E-state index in [0.717, 1.165) is 17.7 Å². The molecule has 1 saturated heterocycles. The summed E-state index contributed by atoms with van der Waals surface area (Å²) in [6.07, 6.45) is 1.29. The van der Waals surface area contributed by atoms with Gasteiger partial charge in [-0.15, -0.1) is 10.2 Å². The van der Waals surface area contributed by atoms with Gasteiger partial charge in [0.05, 0.1) is 19.8 Å². The number of para-hydroxylation sites is 1. The van der Waals surface area contributed by atoms with Gasteiger partial charge in [0.25, 0.3) is 0 Å². The van der Waals surface area contributed by atoms with Gasteiger partial charge in [0.2, 0.25) is 17.7 Å². The van der Waals surface area contributed by atoms with Crippen molar-refractivity contribution in [3.8, 4) is 5.75 Å². The summed E-state index contributed by atoms with van der Waals surface area (Å²) < 4.78 is 16.8. The Hall–Kier alpha value is -2.41. The third kappa shape index (κ3) is 3.24. The molecule has 0 aliphatic carbocycles. The lowest BCUT2D eigenvalue weighted by Crippen LogP contribution is -2.44. The first-order valence-electron chi connectivity index (χ1n) is 8.61. The van der Waals surface area contributed by atoms with Gasteiger partial charge in [0, 0.05) is 19.9 Å². The van der Waals surface area contributed by atoms with Crippen molar-refractivity contribution >= 4 is 5.91 Å². The summed E-state index contributed by atoms with van der Waals surface area (Å²) in [5.41, 5.74) is 1.11. The molecule has 0 unspecified atom stereocenters. The third-order valence-electron chi connectivity index (χ3n) is 4.78. The smallest absolute Gasteiger partial charge is 0.241 e. The van der Waals surface area contributed by atoms with Crippen LogP contribution in [0.25, 0.3) is 0 Å². The van der Waals surface area contributed by atoms with E-state index in [0.29, 0.717) is 44.6 Å². The lowest BCUT2D eigenvalue weighted by Gasteiger charge is -2.35. The Morgan fingerprint density at radius 1 is 1.28 bits per heavy atom. The minimum Gasteiger partial charge on any atom is -0.493 e. The molecule has 2 aliphatic heterocycles. The fraction of sp³-hybridized carbons (Fsp3) is 0.500. The van der Waals surface area contributed by atoms with Gasteiger partial charge in [-0.25, -0.2) is 0 Å². The molecule has 1 aromatic heterocycles. The van der Waals surface area contributed by atoms with Gasteiger partial charge in [-0.2, -0.15) is 0 Å². The van der Waals surface area contributed by atoms with Crippen LogP contribution >= 0.6 is 0 Å². The number of aromatic nitrogens is 2. The Morgan fingerprint density at radius 3 is 3.00 bits per heavy atom. The zero-order valence-electron chi connectivity index (χ0n) is 14.2. The predicted molar refractivity (Wildman–Crippen MR) is 88.2 cm³/mol. The normalized spacial score (nSPS) is 23.0. The molecular weight excluding hydrogens is 322 g/mol. The molecule has 2 atom stereocenters. The Labute approximate surface area is 145 Å². The van der Waals surface area contributed by atoms with E-state index < -0.39 is 0 Å². The topological polar surface area (TPSA) is 77.7 Å². The Kier molecular flexibility index (Phi) is 4.40. The van der Waals surface area contributed by atoms with Crippen LogP contribution in [-0.2, 0) is 9.53 Å². The number of hydrogen-bond donors (Lipinski definition) is 0.